The van der Waals surface area contributed by atoms with Crippen LogP contribution in [-0.2, 0) is 0 Å². The topological polar surface area (TPSA) is 24.9 Å². The van der Waals surface area contributed by atoms with E-state index in [0.29, 0.717) is 5.41 Å². The predicted octanol–water partition coefficient (Wildman–Crippen LogP) is 8.24. The van der Waals surface area contributed by atoms with Gasteiger partial charge in [0.05, 0.1) is 7.11 Å². The highest BCUT2D eigenvalue weighted by Crippen LogP contribution is 2.43. The molecule has 5 rings (SSSR count). The summed E-state index contributed by atoms with van der Waals surface area (Å²) in [5, 5.41) is 0.802. The van der Waals surface area contributed by atoms with Gasteiger partial charge in [-0.1, -0.05) is 49.2 Å². The summed E-state index contributed by atoms with van der Waals surface area (Å²) in [7, 11) is 1.68. The SMILES string of the molecule is COc1ccc(Oc2cc(N3CCN(CC4=C(c5ccc(Cl)cc5)CC(C)(C)CC4)CC3)ccc2C)cc1. The number of benzene rings is 3. The second-order valence-electron chi connectivity index (χ2n) is 11.4. The maximum atomic E-state index is 6.23. The minimum atomic E-state index is 0.341. The fraction of sp³-hybridized carbons (Fsp3) is 0.394. The summed E-state index contributed by atoms with van der Waals surface area (Å²) in [4.78, 5) is 5.11. The van der Waals surface area contributed by atoms with Crippen molar-refractivity contribution < 1.29 is 9.47 Å². The molecule has 1 aliphatic heterocycles. The van der Waals surface area contributed by atoms with Crippen LogP contribution in [0.15, 0.2) is 72.3 Å². The third kappa shape index (κ3) is 6.36. The lowest BCUT2D eigenvalue weighted by Crippen LogP contribution is -2.47. The van der Waals surface area contributed by atoms with Gasteiger partial charge in [0, 0.05) is 49.5 Å². The molecule has 0 aromatic heterocycles. The molecule has 0 N–H and O–H groups in total. The van der Waals surface area contributed by atoms with Gasteiger partial charge in [0.25, 0.3) is 0 Å². The molecule has 0 amide bonds. The highest BCUT2D eigenvalue weighted by Gasteiger charge is 2.29. The van der Waals surface area contributed by atoms with E-state index < -0.39 is 0 Å². The van der Waals surface area contributed by atoms with Crippen molar-refractivity contribution in [3.63, 3.8) is 0 Å². The van der Waals surface area contributed by atoms with Crippen LogP contribution in [0.3, 0.4) is 0 Å². The lowest BCUT2D eigenvalue weighted by atomic mass is 9.72. The first-order valence-electron chi connectivity index (χ1n) is 13.7. The van der Waals surface area contributed by atoms with Gasteiger partial charge in [-0.05, 0) is 90.8 Å². The molecule has 0 spiro atoms. The van der Waals surface area contributed by atoms with Gasteiger partial charge in [-0.2, -0.15) is 0 Å². The molecule has 3 aromatic rings. The zero-order valence-corrected chi connectivity index (χ0v) is 23.9. The van der Waals surface area contributed by atoms with E-state index in [0.717, 1.165) is 67.0 Å². The van der Waals surface area contributed by atoms with Gasteiger partial charge >= 0.3 is 0 Å². The molecule has 5 heteroatoms. The summed E-state index contributed by atoms with van der Waals surface area (Å²) in [6.45, 7) is 12.1. The van der Waals surface area contributed by atoms with Crippen molar-refractivity contribution in [2.45, 2.75) is 40.0 Å². The van der Waals surface area contributed by atoms with E-state index in [4.69, 9.17) is 21.1 Å². The quantitative estimate of drug-likeness (QED) is 0.307. The van der Waals surface area contributed by atoms with E-state index in [1.165, 1.54) is 29.7 Å². The Labute approximate surface area is 232 Å². The van der Waals surface area contributed by atoms with Gasteiger partial charge in [0.15, 0.2) is 0 Å². The van der Waals surface area contributed by atoms with E-state index >= 15 is 0 Å². The summed E-state index contributed by atoms with van der Waals surface area (Å²) in [6.07, 6.45) is 3.55. The molecule has 0 unspecified atom stereocenters. The fourth-order valence-electron chi connectivity index (χ4n) is 5.56. The van der Waals surface area contributed by atoms with E-state index in [2.05, 4.69) is 60.9 Å². The third-order valence-electron chi connectivity index (χ3n) is 7.99. The standard InChI is InChI=1S/C33H39ClN2O2/c1-24-5-10-28(21-32(24)38-30-13-11-29(37-4)12-14-30)36-19-17-35(18-20-36)23-26-15-16-33(2,3)22-31(26)25-6-8-27(34)9-7-25/h5-14,21H,15-20,22-23H2,1-4H3. The van der Waals surface area contributed by atoms with Crippen LogP contribution in [0.1, 0.15) is 44.2 Å². The van der Waals surface area contributed by atoms with Crippen LogP contribution in [0.2, 0.25) is 5.02 Å². The number of halogens is 1. The number of anilines is 1. The van der Waals surface area contributed by atoms with E-state index in [1.807, 2.05) is 36.4 Å². The summed E-state index contributed by atoms with van der Waals surface area (Å²) in [5.41, 5.74) is 7.16. The second kappa shape index (κ2) is 11.4. The van der Waals surface area contributed by atoms with E-state index in [9.17, 15) is 0 Å². The molecule has 1 fully saturated rings. The number of nitrogens with zero attached hydrogens (tertiary/aromatic N) is 2. The average molecular weight is 531 g/mol. The Morgan fingerprint density at radius 2 is 1.55 bits per heavy atom. The van der Waals surface area contributed by atoms with Gasteiger partial charge in [0.2, 0.25) is 0 Å². The Balaban J connectivity index is 1.25. The minimum Gasteiger partial charge on any atom is -0.497 e. The van der Waals surface area contributed by atoms with Crippen LogP contribution in [0, 0.1) is 12.3 Å². The predicted molar refractivity (Wildman–Crippen MR) is 159 cm³/mol. The Morgan fingerprint density at radius 3 is 2.24 bits per heavy atom. The zero-order valence-electron chi connectivity index (χ0n) is 23.1. The number of hydrogen-bond donors (Lipinski definition) is 0. The normalized spacial score (nSPS) is 18.0. The monoisotopic (exact) mass is 530 g/mol. The van der Waals surface area contributed by atoms with Crippen molar-refractivity contribution in [2.24, 2.45) is 5.41 Å². The molecule has 0 saturated carbocycles. The highest BCUT2D eigenvalue weighted by atomic mass is 35.5. The van der Waals surface area contributed by atoms with Crippen LogP contribution in [-0.4, -0.2) is 44.7 Å². The lowest BCUT2D eigenvalue weighted by molar-refractivity contribution is 0.264. The van der Waals surface area contributed by atoms with Crippen molar-refractivity contribution in [1.29, 1.82) is 0 Å². The highest BCUT2D eigenvalue weighted by molar-refractivity contribution is 6.30. The molecular formula is C33H39ClN2O2. The lowest BCUT2D eigenvalue weighted by Gasteiger charge is -2.39. The first-order valence-corrected chi connectivity index (χ1v) is 14.0. The second-order valence-corrected chi connectivity index (χ2v) is 11.9. The van der Waals surface area contributed by atoms with Gasteiger partial charge in [-0.25, -0.2) is 0 Å². The van der Waals surface area contributed by atoms with Gasteiger partial charge < -0.3 is 14.4 Å². The number of rotatable bonds is 7. The number of piperazine rings is 1. The molecule has 38 heavy (non-hydrogen) atoms. The number of allylic oxidation sites excluding steroid dienone is 1. The largest absolute Gasteiger partial charge is 0.497 e. The maximum absolute atomic E-state index is 6.23. The average Bonchev–Trinajstić information content (AvgIpc) is 2.92. The molecule has 0 radical (unpaired) electrons. The summed E-state index contributed by atoms with van der Waals surface area (Å²) in [6, 6.07) is 22.7. The van der Waals surface area contributed by atoms with Crippen molar-refractivity contribution in [2.75, 3.05) is 44.7 Å². The van der Waals surface area contributed by atoms with Crippen LogP contribution < -0.4 is 14.4 Å². The first-order chi connectivity index (χ1) is 18.3. The van der Waals surface area contributed by atoms with Crippen molar-refractivity contribution in [1.82, 2.24) is 4.90 Å². The molecule has 0 bridgehead atoms. The zero-order chi connectivity index (χ0) is 26.7. The Hall–Kier alpha value is -2.95. The number of ether oxygens (including phenoxy) is 2. The van der Waals surface area contributed by atoms with Crippen molar-refractivity contribution in [3.8, 4) is 17.2 Å². The van der Waals surface area contributed by atoms with E-state index in [1.54, 1.807) is 12.7 Å². The van der Waals surface area contributed by atoms with Gasteiger partial charge in [-0.15, -0.1) is 0 Å². The molecule has 2 aliphatic rings. The Morgan fingerprint density at radius 1 is 0.868 bits per heavy atom. The Kier molecular flexibility index (Phi) is 8.01. The molecule has 3 aromatic carbocycles. The first kappa shape index (κ1) is 26.6. The fourth-order valence-corrected chi connectivity index (χ4v) is 5.69. The summed E-state index contributed by atoms with van der Waals surface area (Å²) >= 11 is 6.19. The molecular weight excluding hydrogens is 492 g/mol. The number of hydrogen-bond acceptors (Lipinski definition) is 4. The van der Waals surface area contributed by atoms with Gasteiger partial charge in [-0.3, -0.25) is 4.90 Å². The van der Waals surface area contributed by atoms with Crippen molar-refractivity contribution >= 4 is 22.9 Å². The van der Waals surface area contributed by atoms with Crippen LogP contribution in [0.4, 0.5) is 5.69 Å². The molecule has 4 nitrogen and oxygen atoms in total. The van der Waals surface area contributed by atoms with Crippen molar-refractivity contribution in [3.05, 3.63) is 88.5 Å². The molecule has 0 atom stereocenters. The minimum absolute atomic E-state index is 0.341. The smallest absolute Gasteiger partial charge is 0.132 e. The molecule has 1 aliphatic carbocycles. The summed E-state index contributed by atoms with van der Waals surface area (Å²) < 4.78 is 11.5. The number of methoxy groups -OCH3 is 1. The molecule has 200 valence electrons. The van der Waals surface area contributed by atoms with Crippen LogP contribution in [0.5, 0.6) is 17.2 Å². The van der Waals surface area contributed by atoms with E-state index in [-0.39, 0.29) is 0 Å². The number of aryl methyl sites for hydroxylation is 1. The summed E-state index contributed by atoms with van der Waals surface area (Å²) in [5.74, 6) is 2.54. The maximum Gasteiger partial charge on any atom is 0.132 e. The Bertz CT molecular complexity index is 1270. The third-order valence-corrected chi connectivity index (χ3v) is 8.24. The van der Waals surface area contributed by atoms with Gasteiger partial charge in [0.1, 0.15) is 17.2 Å². The van der Waals surface area contributed by atoms with Crippen LogP contribution >= 0.6 is 11.6 Å². The molecule has 1 saturated heterocycles. The molecule has 1 heterocycles. The van der Waals surface area contributed by atoms with Crippen LogP contribution in [0.25, 0.3) is 5.57 Å².